The van der Waals surface area contributed by atoms with Crippen LogP contribution in [-0.2, 0) is 39.3 Å². The summed E-state index contributed by atoms with van der Waals surface area (Å²) in [7, 11) is -1.38. The molecule has 0 atom stereocenters. The fraction of sp³-hybridized carbons (Fsp3) is 0.115. The second-order valence-corrected chi connectivity index (χ2v) is 15.4. The number of aromatic nitrogens is 2. The lowest BCUT2D eigenvalue weighted by Gasteiger charge is -2.23. The molecule has 0 aliphatic rings. The van der Waals surface area contributed by atoms with Gasteiger partial charge >= 0.3 is 7.12 Å². The van der Waals surface area contributed by atoms with Gasteiger partial charge in [-0.2, -0.15) is 0 Å². The Balaban J connectivity index is 0.000000169. The predicted octanol–water partition coefficient (Wildman–Crippen LogP) is 10.4. The van der Waals surface area contributed by atoms with Gasteiger partial charge in [-0.05, 0) is 86.4 Å². The average molecular weight is 854 g/mol. The second-order valence-electron chi connectivity index (χ2n) is 14.4. The van der Waals surface area contributed by atoms with Crippen LogP contribution in [-0.4, -0.2) is 36.9 Å². The van der Waals surface area contributed by atoms with Gasteiger partial charge in [-0.1, -0.05) is 174 Å². The first-order chi connectivity index (χ1) is 29.5. The zero-order valence-corrected chi connectivity index (χ0v) is 35.3. The standard InChI is InChI=1S/C26H24N2.C21H20BrN.C5H6BNO2/c1-3-7-22(8-4-1)19-28(20-23-9-5-2-6-10-23)21-24-11-13-25(14-12-24)26-15-17-27-18-16-26;22-21-13-11-20(12-14-21)17-23(15-18-7-3-1-4-8-18)16-19-9-5-2-6-10-19;8-6(9)5-1-3-7-4-2-5/h1-18H,19-21H2;1-14H,15-17H2;1-4,8-9H. The third-order valence-corrected chi connectivity index (χ3v) is 10.2. The van der Waals surface area contributed by atoms with Gasteiger partial charge in [0.2, 0.25) is 0 Å². The number of hydrogen-bond acceptors (Lipinski definition) is 6. The summed E-state index contributed by atoms with van der Waals surface area (Å²) < 4.78 is 1.12. The zero-order valence-electron chi connectivity index (χ0n) is 33.7. The van der Waals surface area contributed by atoms with E-state index in [9.17, 15) is 0 Å². The normalized spacial score (nSPS) is 10.6. The summed E-state index contributed by atoms with van der Waals surface area (Å²) in [4.78, 5) is 12.8. The molecule has 6 aromatic carbocycles. The van der Waals surface area contributed by atoms with E-state index in [1.54, 1.807) is 12.1 Å². The van der Waals surface area contributed by atoms with Crippen molar-refractivity contribution in [2.75, 3.05) is 0 Å². The van der Waals surface area contributed by atoms with Crippen LogP contribution in [0.15, 0.2) is 223 Å². The predicted molar refractivity (Wildman–Crippen MR) is 250 cm³/mol. The minimum atomic E-state index is -1.38. The Morgan fingerprint density at radius 3 is 0.950 bits per heavy atom. The van der Waals surface area contributed by atoms with E-state index in [0.717, 1.165) is 43.7 Å². The van der Waals surface area contributed by atoms with Crippen LogP contribution in [0.25, 0.3) is 11.1 Å². The maximum Gasteiger partial charge on any atom is 0.488 e. The molecule has 0 saturated heterocycles. The lowest BCUT2D eigenvalue weighted by molar-refractivity contribution is 0.247. The van der Waals surface area contributed by atoms with Gasteiger partial charge in [-0.25, -0.2) is 0 Å². The Labute approximate surface area is 363 Å². The number of benzene rings is 6. The van der Waals surface area contributed by atoms with Gasteiger partial charge in [0.05, 0.1) is 0 Å². The highest BCUT2D eigenvalue weighted by atomic mass is 79.9. The maximum absolute atomic E-state index is 8.55. The van der Waals surface area contributed by atoms with E-state index in [1.807, 2.05) is 24.5 Å². The molecule has 0 saturated carbocycles. The topological polar surface area (TPSA) is 72.7 Å². The van der Waals surface area contributed by atoms with Gasteiger partial charge in [0.25, 0.3) is 0 Å². The molecule has 2 N–H and O–H groups in total. The molecule has 0 unspecified atom stereocenters. The summed E-state index contributed by atoms with van der Waals surface area (Å²) in [5.74, 6) is 0. The van der Waals surface area contributed by atoms with Crippen molar-refractivity contribution in [3.63, 3.8) is 0 Å². The average Bonchev–Trinajstić information content (AvgIpc) is 3.30. The Kier molecular flexibility index (Phi) is 17.6. The van der Waals surface area contributed by atoms with Crippen LogP contribution in [0.2, 0.25) is 0 Å². The van der Waals surface area contributed by atoms with E-state index in [2.05, 4.69) is 206 Å². The largest absolute Gasteiger partial charge is 0.488 e. The van der Waals surface area contributed by atoms with E-state index < -0.39 is 7.12 Å². The van der Waals surface area contributed by atoms with E-state index >= 15 is 0 Å². The third kappa shape index (κ3) is 15.3. The van der Waals surface area contributed by atoms with Crippen LogP contribution < -0.4 is 5.46 Å². The van der Waals surface area contributed by atoms with Gasteiger partial charge < -0.3 is 10.0 Å². The van der Waals surface area contributed by atoms with Crippen molar-refractivity contribution in [3.8, 4) is 11.1 Å². The van der Waals surface area contributed by atoms with Gasteiger partial charge in [-0.15, -0.1) is 0 Å². The smallest absolute Gasteiger partial charge is 0.423 e. The first-order valence-corrected chi connectivity index (χ1v) is 20.9. The summed E-state index contributed by atoms with van der Waals surface area (Å²) in [5, 5.41) is 17.1. The molecule has 8 rings (SSSR count). The van der Waals surface area contributed by atoms with Crippen molar-refractivity contribution in [3.05, 3.63) is 257 Å². The summed E-state index contributed by atoms with van der Waals surface area (Å²) in [5.41, 5.74) is 10.9. The molecule has 60 heavy (non-hydrogen) atoms. The highest BCUT2D eigenvalue weighted by molar-refractivity contribution is 9.10. The third-order valence-electron chi connectivity index (χ3n) is 9.69. The Hall–Kier alpha value is -6.00. The van der Waals surface area contributed by atoms with Crippen LogP contribution >= 0.6 is 15.9 Å². The van der Waals surface area contributed by atoms with E-state index in [4.69, 9.17) is 10.0 Å². The summed E-state index contributed by atoms with van der Waals surface area (Å²) in [6.45, 7) is 5.62. The first kappa shape index (κ1) is 43.6. The number of rotatable bonds is 14. The van der Waals surface area contributed by atoms with Crippen molar-refractivity contribution < 1.29 is 10.0 Å². The van der Waals surface area contributed by atoms with Crippen molar-refractivity contribution in [2.24, 2.45) is 0 Å². The zero-order chi connectivity index (χ0) is 41.6. The summed E-state index contributed by atoms with van der Waals surface area (Å²) in [6, 6.07) is 67.4. The fourth-order valence-electron chi connectivity index (χ4n) is 6.69. The van der Waals surface area contributed by atoms with Crippen LogP contribution in [0.5, 0.6) is 0 Å². The Morgan fingerprint density at radius 1 is 0.350 bits per heavy atom. The maximum atomic E-state index is 8.55. The molecule has 0 aliphatic heterocycles. The van der Waals surface area contributed by atoms with Gasteiger partial charge in [0, 0.05) is 68.5 Å². The highest BCUT2D eigenvalue weighted by Crippen LogP contribution is 2.21. The molecular weight excluding hydrogens is 803 g/mol. The van der Waals surface area contributed by atoms with E-state index in [-0.39, 0.29) is 0 Å². The van der Waals surface area contributed by atoms with Crippen LogP contribution in [0, 0.1) is 0 Å². The molecule has 0 bridgehead atoms. The molecule has 0 radical (unpaired) electrons. The molecular formula is C52H50BBrN4O2. The fourth-order valence-corrected chi connectivity index (χ4v) is 6.95. The number of hydrogen-bond donors (Lipinski definition) is 2. The van der Waals surface area contributed by atoms with Crippen molar-refractivity contribution in [1.82, 2.24) is 19.8 Å². The molecule has 0 fully saturated rings. The number of nitrogens with zero attached hydrogens (tertiary/aromatic N) is 4. The minimum Gasteiger partial charge on any atom is -0.423 e. The Bertz CT molecular complexity index is 2260. The molecule has 2 aromatic heterocycles. The van der Waals surface area contributed by atoms with Crippen LogP contribution in [0.3, 0.4) is 0 Å². The van der Waals surface area contributed by atoms with Crippen molar-refractivity contribution in [1.29, 1.82) is 0 Å². The molecule has 0 aliphatic carbocycles. The number of halogens is 1. The molecule has 8 aromatic rings. The quantitative estimate of drug-likeness (QED) is 0.106. The second kappa shape index (κ2) is 24.2. The monoisotopic (exact) mass is 852 g/mol. The van der Waals surface area contributed by atoms with E-state index in [0.29, 0.717) is 5.46 Å². The highest BCUT2D eigenvalue weighted by Gasteiger charge is 2.11. The van der Waals surface area contributed by atoms with Crippen molar-refractivity contribution in [2.45, 2.75) is 39.3 Å². The molecule has 6 nitrogen and oxygen atoms in total. The SMILES string of the molecule is Brc1ccc(CN(Cc2ccccc2)Cc2ccccc2)cc1.OB(O)c1ccncc1.c1ccc(CN(Cc2ccccc2)Cc2ccc(-c3ccncc3)cc2)cc1. The molecule has 0 spiro atoms. The Morgan fingerprint density at radius 2 is 0.633 bits per heavy atom. The lowest BCUT2D eigenvalue weighted by atomic mass is 9.81. The lowest BCUT2D eigenvalue weighted by Crippen LogP contribution is -2.29. The van der Waals surface area contributed by atoms with Crippen LogP contribution in [0.1, 0.15) is 33.4 Å². The van der Waals surface area contributed by atoms with Gasteiger partial charge in [-0.3, -0.25) is 19.8 Å². The summed E-state index contributed by atoms with van der Waals surface area (Å²) >= 11 is 3.51. The van der Waals surface area contributed by atoms with Crippen LogP contribution in [0.4, 0.5) is 0 Å². The van der Waals surface area contributed by atoms with Gasteiger partial charge in [0.1, 0.15) is 0 Å². The first-order valence-electron chi connectivity index (χ1n) is 20.1. The van der Waals surface area contributed by atoms with Crippen molar-refractivity contribution >= 4 is 28.5 Å². The summed E-state index contributed by atoms with van der Waals surface area (Å²) in [6.07, 6.45) is 6.69. The number of pyridine rings is 2. The van der Waals surface area contributed by atoms with E-state index in [1.165, 1.54) is 56.9 Å². The molecule has 2 heterocycles. The molecule has 8 heteroatoms. The molecule has 300 valence electrons. The minimum absolute atomic E-state index is 0.463. The van der Waals surface area contributed by atoms with Gasteiger partial charge in [0.15, 0.2) is 0 Å². The molecule has 0 amide bonds.